The van der Waals surface area contributed by atoms with Crippen molar-refractivity contribution in [2.45, 2.75) is 40.5 Å². The molecule has 0 fully saturated rings. The maximum absolute atomic E-state index is 4.84. The van der Waals surface area contributed by atoms with Gasteiger partial charge in [0.05, 0.1) is 6.54 Å². The van der Waals surface area contributed by atoms with Gasteiger partial charge >= 0.3 is 0 Å². The summed E-state index contributed by atoms with van der Waals surface area (Å²) in [7, 11) is 0. The van der Waals surface area contributed by atoms with Gasteiger partial charge in [0.2, 0.25) is 0 Å². The molecule has 0 bridgehead atoms. The van der Waals surface area contributed by atoms with Gasteiger partial charge in [-0.15, -0.1) is 0 Å². The molecule has 0 spiro atoms. The zero-order valence-electron chi connectivity index (χ0n) is 15.1. The first-order valence-corrected chi connectivity index (χ1v) is 8.29. The van der Waals surface area contributed by atoms with E-state index in [-0.39, 0.29) is 5.92 Å². The molecule has 1 atom stereocenters. The van der Waals surface area contributed by atoms with E-state index < -0.39 is 0 Å². The van der Waals surface area contributed by atoms with E-state index in [0.29, 0.717) is 12.5 Å². The van der Waals surface area contributed by atoms with Gasteiger partial charge in [-0.3, -0.25) is 4.99 Å². The molecule has 1 N–H and O–H groups in total. The number of rotatable bonds is 7. The first-order chi connectivity index (χ1) is 10.9. The first kappa shape index (κ1) is 19.0. The molecule has 124 valence electrons. The quantitative estimate of drug-likeness (QED) is 0.403. The highest BCUT2D eigenvalue weighted by molar-refractivity contribution is 5.90. The smallest absolute Gasteiger partial charge is 0.108 e. The Morgan fingerprint density at radius 2 is 1.87 bits per heavy atom. The number of nitrogens with one attached hydrogen (secondary N) is 1. The van der Waals surface area contributed by atoms with Crippen LogP contribution in [-0.4, -0.2) is 12.4 Å². The molecule has 1 aromatic carbocycles. The molecule has 0 aliphatic rings. The predicted molar refractivity (Wildman–Crippen MR) is 103 cm³/mol. The topological polar surface area (TPSA) is 24.4 Å². The van der Waals surface area contributed by atoms with Crippen molar-refractivity contribution < 1.29 is 0 Å². The van der Waals surface area contributed by atoms with Crippen LogP contribution >= 0.6 is 0 Å². The number of hydrogen-bond acceptors (Lipinski definition) is 1. The highest BCUT2D eigenvalue weighted by atomic mass is 15.0. The van der Waals surface area contributed by atoms with Crippen LogP contribution in [0.2, 0.25) is 0 Å². The summed E-state index contributed by atoms with van der Waals surface area (Å²) in [5, 5.41) is 3.33. The zero-order valence-corrected chi connectivity index (χ0v) is 15.1. The average molecular weight is 310 g/mol. The number of amidine groups is 1. The van der Waals surface area contributed by atoms with Gasteiger partial charge in [-0.05, 0) is 30.9 Å². The van der Waals surface area contributed by atoms with Crippen molar-refractivity contribution in [3.05, 3.63) is 72.0 Å². The van der Waals surface area contributed by atoms with E-state index in [0.717, 1.165) is 11.5 Å². The Morgan fingerprint density at radius 1 is 1.22 bits per heavy atom. The molecule has 0 aliphatic carbocycles. The van der Waals surface area contributed by atoms with Crippen molar-refractivity contribution in [3.63, 3.8) is 0 Å². The third-order valence-electron chi connectivity index (χ3n) is 3.41. The van der Waals surface area contributed by atoms with Gasteiger partial charge in [0, 0.05) is 11.6 Å². The van der Waals surface area contributed by atoms with Crippen LogP contribution in [-0.2, 0) is 0 Å². The molecular weight excluding hydrogens is 280 g/mol. The summed E-state index contributed by atoms with van der Waals surface area (Å²) in [5.74, 6) is 1.68. The van der Waals surface area contributed by atoms with E-state index in [1.807, 2.05) is 19.9 Å². The first-order valence-electron chi connectivity index (χ1n) is 8.29. The zero-order chi connectivity index (χ0) is 17.2. The van der Waals surface area contributed by atoms with Crippen molar-refractivity contribution in [2.75, 3.05) is 6.54 Å². The van der Waals surface area contributed by atoms with Crippen molar-refractivity contribution in [3.8, 4) is 0 Å². The Morgan fingerprint density at radius 3 is 2.39 bits per heavy atom. The van der Waals surface area contributed by atoms with E-state index >= 15 is 0 Å². The SMILES string of the molecule is C=C(C)NC(=NCC(/C=C\C)=C/C(C)C)C(C)c1ccccc1. The van der Waals surface area contributed by atoms with Crippen LogP contribution in [0.4, 0.5) is 0 Å². The lowest BCUT2D eigenvalue weighted by atomic mass is 9.99. The molecule has 0 amide bonds. The molecule has 23 heavy (non-hydrogen) atoms. The van der Waals surface area contributed by atoms with Gasteiger partial charge in [0.25, 0.3) is 0 Å². The van der Waals surface area contributed by atoms with Gasteiger partial charge in [0.1, 0.15) is 5.84 Å². The second-order valence-corrected chi connectivity index (χ2v) is 6.22. The molecule has 0 radical (unpaired) electrons. The monoisotopic (exact) mass is 310 g/mol. The average Bonchev–Trinajstić information content (AvgIpc) is 2.50. The molecule has 1 rings (SSSR count). The largest absolute Gasteiger partial charge is 0.348 e. The Labute approximate surface area is 141 Å². The van der Waals surface area contributed by atoms with E-state index in [9.17, 15) is 0 Å². The van der Waals surface area contributed by atoms with Crippen LogP contribution in [0.5, 0.6) is 0 Å². The van der Waals surface area contributed by atoms with Crippen LogP contribution in [0.15, 0.2) is 71.4 Å². The third kappa shape index (κ3) is 7.14. The second kappa shape index (κ2) is 9.83. The Bertz CT molecular complexity index is 577. The summed E-state index contributed by atoms with van der Waals surface area (Å²) in [6.45, 7) is 15.2. The second-order valence-electron chi connectivity index (χ2n) is 6.22. The van der Waals surface area contributed by atoms with Crippen LogP contribution in [0.25, 0.3) is 0 Å². The highest BCUT2D eigenvalue weighted by Crippen LogP contribution is 2.17. The summed E-state index contributed by atoms with van der Waals surface area (Å²) < 4.78 is 0. The predicted octanol–water partition coefficient (Wildman–Crippen LogP) is 5.47. The highest BCUT2D eigenvalue weighted by Gasteiger charge is 2.12. The van der Waals surface area contributed by atoms with Gasteiger partial charge in [-0.25, -0.2) is 0 Å². The number of hydrogen-bond donors (Lipinski definition) is 1. The lowest BCUT2D eigenvalue weighted by Gasteiger charge is -2.18. The number of aliphatic imine (C=N–C) groups is 1. The Kier molecular flexibility index (Phi) is 8.10. The van der Waals surface area contributed by atoms with E-state index in [1.54, 1.807) is 0 Å². The number of benzene rings is 1. The van der Waals surface area contributed by atoms with E-state index in [4.69, 9.17) is 4.99 Å². The van der Waals surface area contributed by atoms with Crippen LogP contribution in [0.3, 0.4) is 0 Å². The molecule has 0 heterocycles. The normalized spacial score (nSPS) is 14.3. The minimum Gasteiger partial charge on any atom is -0.348 e. The summed E-state index contributed by atoms with van der Waals surface area (Å²) in [6, 6.07) is 10.4. The standard InChI is InChI=1S/C21H30N2/c1-7-11-19(14-16(2)3)15-22-21(23-17(4)5)18(6)20-12-9-8-10-13-20/h7-14,16,18H,4,15H2,1-3,5-6H3,(H,22,23)/b11-7-,19-14+. The minimum absolute atomic E-state index is 0.207. The number of allylic oxidation sites excluding steroid dienone is 3. The molecule has 0 aromatic heterocycles. The maximum Gasteiger partial charge on any atom is 0.108 e. The fraction of sp³-hybridized carbons (Fsp3) is 0.381. The van der Waals surface area contributed by atoms with Crippen molar-refractivity contribution in [1.29, 1.82) is 0 Å². The third-order valence-corrected chi connectivity index (χ3v) is 3.41. The molecule has 2 nitrogen and oxygen atoms in total. The molecule has 0 saturated heterocycles. The molecular formula is C21H30N2. The lowest BCUT2D eigenvalue weighted by molar-refractivity contribution is 0.820. The van der Waals surface area contributed by atoms with E-state index in [2.05, 4.69) is 75.2 Å². The van der Waals surface area contributed by atoms with Crippen molar-refractivity contribution in [1.82, 2.24) is 5.32 Å². The maximum atomic E-state index is 4.84. The Hall–Kier alpha value is -2.09. The minimum atomic E-state index is 0.207. The van der Waals surface area contributed by atoms with Gasteiger partial charge in [0.15, 0.2) is 0 Å². The van der Waals surface area contributed by atoms with Crippen LogP contribution < -0.4 is 5.32 Å². The van der Waals surface area contributed by atoms with Crippen molar-refractivity contribution >= 4 is 5.84 Å². The summed E-state index contributed by atoms with van der Waals surface area (Å²) >= 11 is 0. The molecule has 0 aliphatic heterocycles. The fourth-order valence-electron chi connectivity index (χ4n) is 2.38. The summed E-state index contributed by atoms with van der Waals surface area (Å²) in [6.07, 6.45) is 6.46. The molecule has 1 aromatic rings. The number of nitrogens with zero attached hydrogens (tertiary/aromatic N) is 1. The molecule has 2 heteroatoms. The summed E-state index contributed by atoms with van der Waals surface area (Å²) in [5.41, 5.74) is 3.40. The van der Waals surface area contributed by atoms with Gasteiger partial charge in [-0.2, -0.15) is 0 Å². The lowest BCUT2D eigenvalue weighted by Crippen LogP contribution is -2.27. The van der Waals surface area contributed by atoms with Gasteiger partial charge in [-0.1, -0.05) is 75.9 Å². The van der Waals surface area contributed by atoms with Crippen molar-refractivity contribution in [2.24, 2.45) is 10.9 Å². The summed E-state index contributed by atoms with van der Waals surface area (Å²) in [4.78, 5) is 4.84. The van der Waals surface area contributed by atoms with Gasteiger partial charge < -0.3 is 5.32 Å². The van der Waals surface area contributed by atoms with Crippen LogP contribution in [0, 0.1) is 5.92 Å². The molecule has 1 unspecified atom stereocenters. The van der Waals surface area contributed by atoms with E-state index in [1.165, 1.54) is 11.1 Å². The fourth-order valence-corrected chi connectivity index (χ4v) is 2.38. The molecule has 0 saturated carbocycles. The Balaban J connectivity index is 3.03. The van der Waals surface area contributed by atoms with Crippen LogP contribution in [0.1, 0.15) is 46.1 Å².